The van der Waals surface area contributed by atoms with Crippen LogP contribution in [-0.2, 0) is 6.42 Å². The normalized spacial score (nSPS) is 10.6. The van der Waals surface area contributed by atoms with E-state index < -0.39 is 0 Å². The minimum atomic E-state index is -0.238. The second-order valence-electron chi connectivity index (χ2n) is 3.55. The summed E-state index contributed by atoms with van der Waals surface area (Å²) >= 11 is 0. The number of hydrogen-bond donors (Lipinski definition) is 2. The van der Waals surface area contributed by atoms with Crippen molar-refractivity contribution in [2.24, 2.45) is 0 Å². The van der Waals surface area contributed by atoms with E-state index >= 15 is 0 Å². The van der Waals surface area contributed by atoms with Crippen LogP contribution < -0.4 is 10.3 Å². The van der Waals surface area contributed by atoms with Gasteiger partial charge in [-0.1, -0.05) is 6.92 Å². The highest BCUT2D eigenvalue weighted by Crippen LogP contribution is 2.28. The Morgan fingerprint density at radius 3 is 2.81 bits per heavy atom. The fourth-order valence-electron chi connectivity index (χ4n) is 1.75. The van der Waals surface area contributed by atoms with Gasteiger partial charge in [0.1, 0.15) is 11.5 Å². The van der Waals surface area contributed by atoms with E-state index in [4.69, 9.17) is 4.74 Å². The summed E-state index contributed by atoms with van der Waals surface area (Å²) < 4.78 is 5.08. The number of pyridine rings is 1. The van der Waals surface area contributed by atoms with Gasteiger partial charge in [-0.15, -0.1) is 0 Å². The molecule has 0 fully saturated rings. The van der Waals surface area contributed by atoms with Crippen LogP contribution in [0.5, 0.6) is 11.5 Å². The van der Waals surface area contributed by atoms with E-state index in [9.17, 15) is 9.90 Å². The largest absolute Gasteiger partial charge is 0.507 e. The first-order chi connectivity index (χ1) is 7.67. The van der Waals surface area contributed by atoms with Gasteiger partial charge in [0.2, 0.25) is 0 Å². The van der Waals surface area contributed by atoms with Crippen LogP contribution in [0.15, 0.2) is 23.0 Å². The molecular formula is C12H13NO3. The Bertz CT molecular complexity index is 587. The number of nitrogens with one attached hydrogen (secondary N) is 1. The van der Waals surface area contributed by atoms with E-state index in [1.807, 2.05) is 6.92 Å². The fraction of sp³-hybridized carbons (Fsp3) is 0.250. The number of rotatable bonds is 2. The maximum absolute atomic E-state index is 11.6. The first kappa shape index (κ1) is 10.5. The molecule has 4 heteroatoms. The van der Waals surface area contributed by atoms with Gasteiger partial charge in [0.05, 0.1) is 18.2 Å². The SMILES string of the molecule is CCc1c(O)c2cc(OC)ccc2[nH]c1=O. The number of ether oxygens (including phenoxy) is 1. The van der Waals surface area contributed by atoms with E-state index in [-0.39, 0.29) is 11.3 Å². The number of hydrogen-bond acceptors (Lipinski definition) is 3. The van der Waals surface area contributed by atoms with Crippen molar-refractivity contribution in [1.29, 1.82) is 0 Å². The molecule has 2 aromatic rings. The molecule has 0 aliphatic carbocycles. The summed E-state index contributed by atoms with van der Waals surface area (Å²) in [6.07, 6.45) is 0.494. The Morgan fingerprint density at radius 1 is 1.44 bits per heavy atom. The molecule has 1 heterocycles. The molecule has 0 spiro atoms. The van der Waals surface area contributed by atoms with Crippen LogP contribution in [0.3, 0.4) is 0 Å². The van der Waals surface area contributed by atoms with Gasteiger partial charge in [-0.3, -0.25) is 4.79 Å². The molecule has 0 unspecified atom stereocenters. The zero-order valence-electron chi connectivity index (χ0n) is 9.20. The maximum atomic E-state index is 11.6. The standard InChI is InChI=1S/C12H13NO3/c1-3-8-11(14)9-6-7(16-2)4-5-10(9)13-12(8)15/h4-6H,3H2,1-2H3,(H2,13,14,15). The average molecular weight is 219 g/mol. The van der Waals surface area contributed by atoms with Crippen molar-refractivity contribution < 1.29 is 9.84 Å². The van der Waals surface area contributed by atoms with Gasteiger partial charge in [-0.25, -0.2) is 0 Å². The van der Waals surface area contributed by atoms with E-state index in [1.165, 1.54) is 0 Å². The molecule has 84 valence electrons. The van der Waals surface area contributed by atoms with E-state index in [0.29, 0.717) is 28.6 Å². The van der Waals surface area contributed by atoms with Gasteiger partial charge >= 0.3 is 0 Å². The summed E-state index contributed by atoms with van der Waals surface area (Å²) in [5.74, 6) is 0.692. The van der Waals surface area contributed by atoms with Gasteiger partial charge in [0.15, 0.2) is 0 Å². The van der Waals surface area contributed by atoms with Crippen LogP contribution >= 0.6 is 0 Å². The van der Waals surface area contributed by atoms with Crippen LogP contribution in [0.2, 0.25) is 0 Å². The van der Waals surface area contributed by atoms with Gasteiger partial charge in [0.25, 0.3) is 5.56 Å². The molecule has 0 amide bonds. The Hall–Kier alpha value is -1.97. The van der Waals surface area contributed by atoms with Gasteiger partial charge in [-0.2, -0.15) is 0 Å². The van der Waals surface area contributed by atoms with Gasteiger partial charge in [-0.05, 0) is 24.6 Å². The molecule has 1 aromatic heterocycles. The van der Waals surface area contributed by atoms with Crippen LogP contribution in [-0.4, -0.2) is 17.2 Å². The minimum Gasteiger partial charge on any atom is -0.507 e. The predicted octanol–water partition coefficient (Wildman–Crippen LogP) is 1.80. The average Bonchev–Trinajstić information content (AvgIpc) is 2.29. The molecule has 0 aliphatic heterocycles. The van der Waals surface area contributed by atoms with Crippen molar-refractivity contribution in [2.75, 3.05) is 7.11 Å². The van der Waals surface area contributed by atoms with Crippen molar-refractivity contribution >= 4 is 10.9 Å². The number of methoxy groups -OCH3 is 1. The lowest BCUT2D eigenvalue weighted by Crippen LogP contribution is -2.11. The predicted molar refractivity (Wildman–Crippen MR) is 62.2 cm³/mol. The van der Waals surface area contributed by atoms with Crippen LogP contribution in [0.25, 0.3) is 10.9 Å². The third-order valence-electron chi connectivity index (χ3n) is 2.64. The fourth-order valence-corrected chi connectivity index (χ4v) is 1.75. The number of benzene rings is 1. The van der Waals surface area contributed by atoms with E-state index in [2.05, 4.69) is 4.98 Å². The van der Waals surface area contributed by atoms with Gasteiger partial charge < -0.3 is 14.8 Å². The molecule has 0 saturated carbocycles. The van der Waals surface area contributed by atoms with Crippen LogP contribution in [0, 0.1) is 0 Å². The Morgan fingerprint density at radius 2 is 2.19 bits per heavy atom. The minimum absolute atomic E-state index is 0.0418. The molecule has 0 saturated heterocycles. The first-order valence-electron chi connectivity index (χ1n) is 5.09. The Kier molecular flexibility index (Phi) is 2.56. The molecule has 2 N–H and O–H groups in total. The number of aromatic nitrogens is 1. The lowest BCUT2D eigenvalue weighted by atomic mass is 10.1. The first-order valence-corrected chi connectivity index (χ1v) is 5.09. The zero-order valence-corrected chi connectivity index (χ0v) is 9.20. The van der Waals surface area contributed by atoms with Crippen molar-refractivity contribution in [3.63, 3.8) is 0 Å². The number of aromatic amines is 1. The topological polar surface area (TPSA) is 62.3 Å². The Labute approximate surface area is 92.5 Å². The van der Waals surface area contributed by atoms with Crippen molar-refractivity contribution in [2.45, 2.75) is 13.3 Å². The highest BCUT2D eigenvalue weighted by atomic mass is 16.5. The van der Waals surface area contributed by atoms with Crippen molar-refractivity contribution in [3.05, 3.63) is 34.1 Å². The highest BCUT2D eigenvalue weighted by Gasteiger charge is 2.10. The summed E-state index contributed by atoms with van der Waals surface area (Å²) in [7, 11) is 1.56. The molecule has 0 atom stereocenters. The second kappa shape index (κ2) is 3.89. The molecule has 4 nitrogen and oxygen atoms in total. The zero-order chi connectivity index (χ0) is 11.7. The highest BCUT2D eigenvalue weighted by molar-refractivity contribution is 5.87. The summed E-state index contributed by atoms with van der Waals surface area (Å²) in [4.78, 5) is 14.3. The maximum Gasteiger partial charge on any atom is 0.255 e. The van der Waals surface area contributed by atoms with Gasteiger partial charge in [0, 0.05) is 5.39 Å². The third kappa shape index (κ3) is 1.52. The second-order valence-corrected chi connectivity index (χ2v) is 3.55. The molecule has 0 radical (unpaired) electrons. The molecule has 2 rings (SSSR count). The smallest absolute Gasteiger partial charge is 0.255 e. The molecule has 0 bridgehead atoms. The Balaban J connectivity index is 2.84. The van der Waals surface area contributed by atoms with Crippen molar-refractivity contribution in [1.82, 2.24) is 4.98 Å². The number of H-pyrrole nitrogens is 1. The lowest BCUT2D eigenvalue weighted by Gasteiger charge is -2.07. The van der Waals surface area contributed by atoms with Crippen molar-refractivity contribution in [3.8, 4) is 11.5 Å². The molecular weight excluding hydrogens is 206 g/mol. The van der Waals surface area contributed by atoms with Crippen LogP contribution in [0.4, 0.5) is 0 Å². The summed E-state index contributed by atoms with van der Waals surface area (Å²) in [6, 6.07) is 5.16. The molecule has 16 heavy (non-hydrogen) atoms. The molecule has 0 aliphatic rings. The lowest BCUT2D eigenvalue weighted by molar-refractivity contribution is 0.415. The number of fused-ring (bicyclic) bond motifs is 1. The quantitative estimate of drug-likeness (QED) is 0.809. The summed E-state index contributed by atoms with van der Waals surface area (Å²) in [6.45, 7) is 1.83. The molecule has 1 aromatic carbocycles. The van der Waals surface area contributed by atoms with E-state index in [0.717, 1.165) is 0 Å². The van der Waals surface area contributed by atoms with Crippen LogP contribution in [0.1, 0.15) is 12.5 Å². The van der Waals surface area contributed by atoms with E-state index in [1.54, 1.807) is 25.3 Å². The third-order valence-corrected chi connectivity index (χ3v) is 2.64. The summed E-state index contributed by atoms with van der Waals surface area (Å²) in [5.41, 5.74) is 0.777. The monoisotopic (exact) mass is 219 g/mol. The summed E-state index contributed by atoms with van der Waals surface area (Å²) in [5, 5.41) is 10.6. The number of aromatic hydroxyl groups is 1.